The van der Waals surface area contributed by atoms with Crippen molar-refractivity contribution >= 4 is 22.5 Å². The topological polar surface area (TPSA) is 78.7 Å². The Bertz CT molecular complexity index is 1390. The van der Waals surface area contributed by atoms with E-state index < -0.39 is 0 Å². The number of hydrogen-bond acceptors (Lipinski definition) is 5. The first-order valence-electron chi connectivity index (χ1n) is 10.9. The molecule has 5 rings (SSSR count). The molecule has 1 fully saturated rings. The first kappa shape index (κ1) is 20.8. The van der Waals surface area contributed by atoms with Crippen molar-refractivity contribution < 1.29 is 9.90 Å². The highest BCUT2D eigenvalue weighted by molar-refractivity contribution is 5.94. The van der Waals surface area contributed by atoms with Crippen LogP contribution in [0, 0.1) is 6.92 Å². The first-order valence-corrected chi connectivity index (χ1v) is 10.9. The molecule has 0 aliphatic carbocycles. The van der Waals surface area contributed by atoms with Crippen LogP contribution in [0.3, 0.4) is 0 Å². The average molecular weight is 441 g/mol. The van der Waals surface area contributed by atoms with Crippen LogP contribution in [-0.2, 0) is 0 Å². The maximum Gasteiger partial charge on any atom is 0.265 e. The van der Waals surface area contributed by atoms with Gasteiger partial charge in [-0.25, -0.2) is 4.98 Å². The van der Waals surface area contributed by atoms with Crippen LogP contribution < -0.4 is 10.5 Å². The average Bonchev–Trinajstić information content (AvgIpc) is 2.84. The van der Waals surface area contributed by atoms with Gasteiger partial charge < -0.3 is 14.9 Å². The standard InChI is InChI=1S/C26H24N4O3/c1-18-27-22-7-3-2-6-21(22)26(33)30(18)20-12-10-19(11-13-20)25(32)29-16-14-28(15-17-29)23-8-4-5-9-24(23)31/h2-13,31H,14-17H2,1H3. The smallest absolute Gasteiger partial charge is 0.265 e. The number of benzene rings is 3. The lowest BCUT2D eigenvalue weighted by Crippen LogP contribution is -2.48. The molecule has 1 N–H and O–H groups in total. The Labute approximate surface area is 191 Å². The zero-order valence-corrected chi connectivity index (χ0v) is 18.3. The monoisotopic (exact) mass is 440 g/mol. The Morgan fingerprint density at radius 1 is 0.879 bits per heavy atom. The fraction of sp³-hybridized carbons (Fsp3) is 0.192. The van der Waals surface area contributed by atoms with E-state index in [0.717, 1.165) is 5.69 Å². The zero-order valence-electron chi connectivity index (χ0n) is 18.3. The first-order chi connectivity index (χ1) is 16.0. The van der Waals surface area contributed by atoms with Crippen LogP contribution in [-0.4, -0.2) is 51.6 Å². The van der Waals surface area contributed by atoms with Crippen LogP contribution in [0.1, 0.15) is 16.2 Å². The molecule has 0 atom stereocenters. The number of carbonyl (C=O) groups is 1. The molecule has 7 nitrogen and oxygen atoms in total. The number of rotatable bonds is 3. The van der Waals surface area contributed by atoms with E-state index in [1.54, 1.807) is 54.0 Å². The lowest BCUT2D eigenvalue weighted by Gasteiger charge is -2.36. The highest BCUT2D eigenvalue weighted by Crippen LogP contribution is 2.27. The van der Waals surface area contributed by atoms with Crippen molar-refractivity contribution in [1.82, 2.24) is 14.5 Å². The van der Waals surface area contributed by atoms with Crippen molar-refractivity contribution in [2.24, 2.45) is 0 Å². The van der Waals surface area contributed by atoms with Crippen LogP contribution in [0.2, 0.25) is 0 Å². The van der Waals surface area contributed by atoms with Crippen molar-refractivity contribution in [3.05, 3.63) is 94.5 Å². The van der Waals surface area contributed by atoms with Gasteiger partial charge in [0.05, 0.1) is 22.3 Å². The van der Waals surface area contributed by atoms with E-state index in [9.17, 15) is 14.7 Å². The predicted octanol–water partition coefficient (Wildman–Crippen LogP) is 3.36. The quantitative estimate of drug-likeness (QED) is 0.529. The van der Waals surface area contributed by atoms with Crippen molar-refractivity contribution in [3.8, 4) is 11.4 Å². The Hall–Kier alpha value is -4.13. The van der Waals surface area contributed by atoms with Gasteiger partial charge in [-0.1, -0.05) is 24.3 Å². The molecule has 1 saturated heterocycles. The Balaban J connectivity index is 1.33. The van der Waals surface area contributed by atoms with Gasteiger partial charge in [0.15, 0.2) is 0 Å². The summed E-state index contributed by atoms with van der Waals surface area (Å²) in [7, 11) is 0. The van der Waals surface area contributed by atoms with Gasteiger partial charge in [0.1, 0.15) is 11.6 Å². The molecule has 1 aliphatic heterocycles. The minimum absolute atomic E-state index is 0.0424. The van der Waals surface area contributed by atoms with Crippen LogP contribution >= 0.6 is 0 Å². The van der Waals surface area contributed by atoms with Gasteiger partial charge >= 0.3 is 0 Å². The van der Waals surface area contributed by atoms with Crippen LogP contribution in [0.5, 0.6) is 5.75 Å². The molecule has 7 heteroatoms. The summed E-state index contributed by atoms with van der Waals surface area (Å²) in [6, 6.07) is 21.6. The Morgan fingerprint density at radius 2 is 1.55 bits per heavy atom. The van der Waals surface area contributed by atoms with E-state index in [4.69, 9.17) is 0 Å². The second kappa shape index (κ2) is 8.43. The number of nitrogens with zero attached hydrogens (tertiary/aromatic N) is 4. The van der Waals surface area contributed by atoms with Gasteiger partial charge in [-0.3, -0.25) is 14.2 Å². The van der Waals surface area contributed by atoms with Gasteiger partial charge in [-0.05, 0) is 55.5 Å². The number of hydrogen-bond donors (Lipinski definition) is 1. The molecule has 0 spiro atoms. The molecule has 33 heavy (non-hydrogen) atoms. The van der Waals surface area contributed by atoms with Crippen molar-refractivity contribution in [3.63, 3.8) is 0 Å². The van der Waals surface area contributed by atoms with Gasteiger partial charge in [0.2, 0.25) is 0 Å². The molecule has 0 unspecified atom stereocenters. The molecule has 3 aromatic carbocycles. The third kappa shape index (κ3) is 3.82. The normalized spacial score (nSPS) is 14.0. The maximum atomic E-state index is 13.0. The fourth-order valence-corrected chi connectivity index (χ4v) is 4.37. The number of amides is 1. The summed E-state index contributed by atoms with van der Waals surface area (Å²) in [5.41, 5.74) is 2.59. The number of aromatic hydroxyl groups is 1. The summed E-state index contributed by atoms with van der Waals surface area (Å²) in [5.74, 6) is 0.804. The highest BCUT2D eigenvalue weighted by atomic mass is 16.3. The molecular formula is C26H24N4O3. The second-order valence-corrected chi connectivity index (χ2v) is 8.13. The van der Waals surface area contributed by atoms with Crippen LogP contribution in [0.15, 0.2) is 77.6 Å². The summed E-state index contributed by atoms with van der Waals surface area (Å²) in [6.07, 6.45) is 0. The zero-order chi connectivity index (χ0) is 22.9. The highest BCUT2D eigenvalue weighted by Gasteiger charge is 2.23. The summed E-state index contributed by atoms with van der Waals surface area (Å²) >= 11 is 0. The fourth-order valence-electron chi connectivity index (χ4n) is 4.37. The van der Waals surface area contributed by atoms with Crippen molar-refractivity contribution in [2.75, 3.05) is 31.1 Å². The number of aryl methyl sites for hydroxylation is 1. The third-order valence-electron chi connectivity index (χ3n) is 6.11. The van der Waals surface area contributed by atoms with Crippen LogP contribution in [0.4, 0.5) is 5.69 Å². The van der Waals surface area contributed by atoms with Crippen molar-refractivity contribution in [2.45, 2.75) is 6.92 Å². The maximum absolute atomic E-state index is 13.0. The summed E-state index contributed by atoms with van der Waals surface area (Å²) in [6.45, 7) is 4.25. The molecule has 1 aliphatic rings. The number of phenols is 1. The SMILES string of the molecule is Cc1nc2ccccc2c(=O)n1-c1ccc(C(=O)N2CCN(c3ccccc3O)CC2)cc1. The van der Waals surface area contributed by atoms with E-state index in [2.05, 4.69) is 9.88 Å². The minimum Gasteiger partial charge on any atom is -0.506 e. The van der Waals surface area contributed by atoms with E-state index in [0.29, 0.717) is 54.2 Å². The predicted molar refractivity (Wildman–Crippen MR) is 128 cm³/mol. The summed E-state index contributed by atoms with van der Waals surface area (Å²) in [5, 5.41) is 10.6. The number of carbonyl (C=O) groups excluding carboxylic acids is 1. The van der Waals surface area contributed by atoms with Crippen molar-refractivity contribution in [1.29, 1.82) is 0 Å². The number of aromatic nitrogens is 2. The lowest BCUT2D eigenvalue weighted by atomic mass is 10.1. The Kier molecular flexibility index (Phi) is 5.30. The van der Waals surface area contributed by atoms with Gasteiger partial charge in [-0.2, -0.15) is 0 Å². The van der Waals surface area contributed by atoms with Gasteiger partial charge in [0, 0.05) is 31.7 Å². The van der Waals surface area contributed by atoms with Crippen LogP contribution in [0.25, 0.3) is 16.6 Å². The van der Waals surface area contributed by atoms with E-state index in [1.165, 1.54) is 0 Å². The Morgan fingerprint density at radius 3 is 2.27 bits per heavy atom. The van der Waals surface area contributed by atoms with Gasteiger partial charge in [0.25, 0.3) is 11.5 Å². The number of fused-ring (bicyclic) bond motifs is 1. The van der Waals surface area contributed by atoms with Gasteiger partial charge in [-0.15, -0.1) is 0 Å². The molecule has 2 heterocycles. The van der Waals surface area contributed by atoms with E-state index >= 15 is 0 Å². The molecule has 0 saturated carbocycles. The molecule has 0 radical (unpaired) electrons. The molecule has 1 aromatic heterocycles. The molecule has 4 aromatic rings. The molecular weight excluding hydrogens is 416 g/mol. The number of anilines is 1. The number of piperazine rings is 1. The van der Waals surface area contributed by atoms with E-state index in [-0.39, 0.29) is 17.2 Å². The molecule has 0 bridgehead atoms. The number of para-hydroxylation sites is 3. The third-order valence-corrected chi connectivity index (χ3v) is 6.11. The second-order valence-electron chi connectivity index (χ2n) is 8.13. The lowest BCUT2D eigenvalue weighted by molar-refractivity contribution is 0.0746. The summed E-state index contributed by atoms with van der Waals surface area (Å²) in [4.78, 5) is 34.5. The van der Waals surface area contributed by atoms with E-state index in [1.807, 2.05) is 35.2 Å². The molecule has 166 valence electrons. The minimum atomic E-state index is -0.127. The summed E-state index contributed by atoms with van der Waals surface area (Å²) < 4.78 is 1.57. The number of phenolic OH excluding ortho intramolecular Hbond substituents is 1. The largest absolute Gasteiger partial charge is 0.506 e. The molecule has 1 amide bonds.